The van der Waals surface area contributed by atoms with Gasteiger partial charge < -0.3 is 5.11 Å². The summed E-state index contributed by atoms with van der Waals surface area (Å²) < 4.78 is 0. The van der Waals surface area contributed by atoms with Crippen molar-refractivity contribution in [2.24, 2.45) is 5.41 Å². The van der Waals surface area contributed by atoms with Crippen molar-refractivity contribution in [3.05, 3.63) is 21.9 Å². The summed E-state index contributed by atoms with van der Waals surface area (Å²) in [6.45, 7) is 3.88. The zero-order chi connectivity index (χ0) is 13.9. The number of nitrogens with zero attached hydrogens (tertiary/aromatic N) is 1. The molecule has 1 aromatic heterocycles. The smallest absolute Gasteiger partial charge is 0.114 e. The van der Waals surface area contributed by atoms with Crippen LogP contribution >= 0.6 is 11.3 Å². The van der Waals surface area contributed by atoms with Crippen molar-refractivity contribution >= 4 is 11.3 Å². The maximum Gasteiger partial charge on any atom is 0.114 e. The van der Waals surface area contributed by atoms with Crippen LogP contribution in [-0.2, 0) is 5.60 Å². The Morgan fingerprint density at radius 3 is 2.26 bits per heavy atom. The van der Waals surface area contributed by atoms with Gasteiger partial charge in [0, 0.05) is 9.75 Å². The van der Waals surface area contributed by atoms with E-state index in [4.69, 9.17) is 0 Å². The fourth-order valence-corrected chi connectivity index (χ4v) is 4.16. The fourth-order valence-electron chi connectivity index (χ4n) is 3.15. The Hall–Kier alpha value is -0.850. The quantitative estimate of drug-likeness (QED) is 0.863. The minimum absolute atomic E-state index is 0.620. The van der Waals surface area contributed by atoms with Gasteiger partial charge in [-0.05, 0) is 38.8 Å². The van der Waals surface area contributed by atoms with Gasteiger partial charge in [0.2, 0.25) is 0 Å². The molecule has 2 rings (SSSR count). The first-order valence-corrected chi connectivity index (χ1v) is 8.04. The third-order valence-electron chi connectivity index (χ3n) is 4.57. The maximum absolute atomic E-state index is 11.1. The number of nitriles is 1. The van der Waals surface area contributed by atoms with Gasteiger partial charge in [-0.25, -0.2) is 0 Å². The van der Waals surface area contributed by atoms with Crippen LogP contribution in [-0.4, -0.2) is 5.11 Å². The highest BCUT2D eigenvalue weighted by Crippen LogP contribution is 2.49. The van der Waals surface area contributed by atoms with Gasteiger partial charge in [0.15, 0.2) is 0 Å². The second-order valence-electron chi connectivity index (χ2n) is 5.94. The minimum atomic E-state index is -1.03. The summed E-state index contributed by atoms with van der Waals surface area (Å²) in [6, 6.07) is 6.50. The van der Waals surface area contributed by atoms with Crippen molar-refractivity contribution in [2.75, 3.05) is 0 Å². The summed E-state index contributed by atoms with van der Waals surface area (Å²) >= 11 is 1.61. The van der Waals surface area contributed by atoms with Gasteiger partial charge in [0.05, 0.1) is 11.5 Å². The van der Waals surface area contributed by atoms with Gasteiger partial charge >= 0.3 is 0 Å². The summed E-state index contributed by atoms with van der Waals surface area (Å²) in [4.78, 5) is 2.13. The molecule has 1 N–H and O–H groups in total. The van der Waals surface area contributed by atoms with Gasteiger partial charge in [0.1, 0.15) is 5.60 Å². The average Bonchev–Trinajstić information content (AvgIpc) is 2.76. The summed E-state index contributed by atoms with van der Waals surface area (Å²) in [5.41, 5.74) is -1.65. The van der Waals surface area contributed by atoms with E-state index in [1.165, 1.54) is 24.1 Å². The largest absolute Gasteiger partial charge is 0.383 e. The number of thiophene rings is 1. The third kappa shape index (κ3) is 2.70. The van der Waals surface area contributed by atoms with E-state index in [1.54, 1.807) is 11.3 Å². The Balaban J connectivity index is 2.35. The molecule has 0 saturated heterocycles. The molecule has 2 nitrogen and oxygen atoms in total. The molecule has 0 spiro atoms. The standard InChI is InChI=1S/C16H23NOS/c1-13-8-9-14(19-13)15(2,18)16(12-17)10-6-4-3-5-7-11-16/h8-9,18H,3-7,10-11H2,1-2H3. The first kappa shape index (κ1) is 14.6. The van der Waals surface area contributed by atoms with Gasteiger partial charge in [-0.1, -0.05) is 32.1 Å². The lowest BCUT2D eigenvalue weighted by atomic mass is 9.66. The average molecular weight is 277 g/mol. The molecule has 0 radical (unpaired) electrons. The zero-order valence-electron chi connectivity index (χ0n) is 11.9. The van der Waals surface area contributed by atoms with Crippen LogP contribution in [0.3, 0.4) is 0 Å². The van der Waals surface area contributed by atoms with Gasteiger partial charge in [0.25, 0.3) is 0 Å². The molecule has 1 aliphatic carbocycles. The van der Waals surface area contributed by atoms with Crippen LogP contribution in [0.4, 0.5) is 0 Å². The molecule has 0 aromatic carbocycles. The van der Waals surface area contributed by atoms with Gasteiger partial charge in [-0.2, -0.15) is 5.26 Å². The topological polar surface area (TPSA) is 44.0 Å². The Labute approximate surface area is 120 Å². The molecule has 104 valence electrons. The lowest BCUT2D eigenvalue weighted by Crippen LogP contribution is -2.42. The summed E-state index contributed by atoms with van der Waals surface area (Å²) in [5.74, 6) is 0. The van der Waals surface area contributed by atoms with E-state index in [0.29, 0.717) is 0 Å². The van der Waals surface area contributed by atoms with E-state index in [0.717, 1.165) is 30.6 Å². The Bertz CT molecular complexity index is 461. The van der Waals surface area contributed by atoms with Crippen molar-refractivity contribution in [2.45, 2.75) is 64.4 Å². The summed E-state index contributed by atoms with van der Waals surface area (Å²) in [7, 11) is 0. The summed E-state index contributed by atoms with van der Waals surface area (Å²) in [5, 5.41) is 20.8. The highest BCUT2D eigenvalue weighted by atomic mass is 32.1. The van der Waals surface area contributed by atoms with Gasteiger partial charge in [-0.15, -0.1) is 11.3 Å². The monoisotopic (exact) mass is 277 g/mol. The van der Waals surface area contributed by atoms with Crippen LogP contribution in [0.15, 0.2) is 12.1 Å². The molecule has 1 fully saturated rings. The van der Waals surface area contributed by atoms with Crippen LogP contribution in [0.25, 0.3) is 0 Å². The number of hydrogen-bond acceptors (Lipinski definition) is 3. The van der Waals surface area contributed by atoms with E-state index >= 15 is 0 Å². The second-order valence-corrected chi connectivity index (χ2v) is 7.23. The number of aliphatic hydroxyl groups is 1. The molecule has 1 saturated carbocycles. The summed E-state index contributed by atoms with van der Waals surface area (Å²) in [6.07, 6.45) is 7.36. The van der Waals surface area contributed by atoms with Crippen LogP contribution in [0.2, 0.25) is 0 Å². The second kappa shape index (κ2) is 5.64. The van der Waals surface area contributed by atoms with E-state index in [-0.39, 0.29) is 0 Å². The molecule has 1 aromatic rings. The van der Waals surface area contributed by atoms with E-state index in [1.807, 2.05) is 26.0 Å². The van der Waals surface area contributed by atoms with Crippen LogP contribution in [0.1, 0.15) is 61.6 Å². The third-order valence-corrected chi connectivity index (χ3v) is 5.78. The van der Waals surface area contributed by atoms with Crippen molar-refractivity contribution in [1.29, 1.82) is 5.26 Å². The molecule has 0 bridgehead atoms. The Morgan fingerprint density at radius 1 is 1.21 bits per heavy atom. The Morgan fingerprint density at radius 2 is 1.79 bits per heavy atom. The lowest BCUT2D eigenvalue weighted by Gasteiger charge is -2.41. The van der Waals surface area contributed by atoms with Crippen molar-refractivity contribution in [3.8, 4) is 6.07 Å². The van der Waals surface area contributed by atoms with Gasteiger partial charge in [-0.3, -0.25) is 0 Å². The highest BCUT2D eigenvalue weighted by Gasteiger charge is 2.48. The maximum atomic E-state index is 11.1. The van der Waals surface area contributed by atoms with Crippen LogP contribution < -0.4 is 0 Å². The molecule has 0 aliphatic heterocycles. The molecule has 1 aliphatic rings. The van der Waals surface area contributed by atoms with Crippen molar-refractivity contribution in [3.63, 3.8) is 0 Å². The highest BCUT2D eigenvalue weighted by molar-refractivity contribution is 7.12. The predicted octanol–water partition coefficient (Wildman–Crippen LogP) is 4.52. The predicted molar refractivity (Wildman–Crippen MR) is 79.0 cm³/mol. The molecule has 3 heteroatoms. The van der Waals surface area contributed by atoms with E-state index in [2.05, 4.69) is 6.07 Å². The minimum Gasteiger partial charge on any atom is -0.383 e. The number of rotatable bonds is 2. The van der Waals surface area contributed by atoms with Crippen molar-refractivity contribution in [1.82, 2.24) is 0 Å². The first-order chi connectivity index (χ1) is 9.02. The van der Waals surface area contributed by atoms with Crippen LogP contribution in [0.5, 0.6) is 0 Å². The molecule has 1 unspecified atom stereocenters. The SMILES string of the molecule is Cc1ccc(C(C)(O)C2(C#N)CCCCCCC2)s1. The van der Waals surface area contributed by atoms with Crippen LogP contribution in [0, 0.1) is 23.7 Å². The van der Waals surface area contributed by atoms with Crippen molar-refractivity contribution < 1.29 is 5.11 Å². The molecule has 19 heavy (non-hydrogen) atoms. The molecule has 1 heterocycles. The van der Waals surface area contributed by atoms with E-state index in [9.17, 15) is 10.4 Å². The first-order valence-electron chi connectivity index (χ1n) is 7.22. The normalized spacial score (nSPS) is 22.8. The molecular formula is C16H23NOS. The molecule has 1 atom stereocenters. The molecule has 0 amide bonds. The Kier molecular flexibility index (Phi) is 4.32. The molecular weight excluding hydrogens is 254 g/mol. The fraction of sp³-hybridized carbons (Fsp3) is 0.688. The zero-order valence-corrected chi connectivity index (χ0v) is 12.7. The van der Waals surface area contributed by atoms with E-state index < -0.39 is 11.0 Å². The number of aryl methyl sites for hydroxylation is 1. The lowest BCUT2D eigenvalue weighted by molar-refractivity contribution is -0.0552. The number of hydrogen-bond donors (Lipinski definition) is 1.